The van der Waals surface area contributed by atoms with Gasteiger partial charge in [-0.25, -0.2) is 9.37 Å². The Hall–Kier alpha value is -2.90. The summed E-state index contributed by atoms with van der Waals surface area (Å²) in [5.41, 5.74) is 7.73. The second kappa shape index (κ2) is 7.61. The van der Waals surface area contributed by atoms with Crippen LogP contribution < -0.4 is 10.6 Å². The number of halogens is 1. The van der Waals surface area contributed by atoms with Gasteiger partial charge in [-0.2, -0.15) is 0 Å². The quantitative estimate of drug-likeness (QED) is 0.785. The predicted molar refractivity (Wildman–Crippen MR) is 105 cm³/mol. The van der Waals surface area contributed by atoms with Crippen molar-refractivity contribution in [2.45, 2.75) is 25.4 Å². The average Bonchev–Trinajstić information content (AvgIpc) is 3.31. The van der Waals surface area contributed by atoms with Crippen molar-refractivity contribution >= 4 is 34.6 Å². The van der Waals surface area contributed by atoms with Gasteiger partial charge in [-0.3, -0.25) is 9.59 Å². The van der Waals surface area contributed by atoms with Crippen molar-refractivity contribution in [3.63, 3.8) is 0 Å². The minimum Gasteiger partial charge on any atom is -0.367 e. The maximum Gasteiger partial charge on any atom is 0.241 e. The highest BCUT2D eigenvalue weighted by Crippen LogP contribution is 2.30. The summed E-state index contributed by atoms with van der Waals surface area (Å²) in [7, 11) is 0. The maximum absolute atomic E-state index is 13.4. The monoisotopic (exact) mass is 385 g/mol. The standard InChI is InChI=1S/C20H24FN5O2/c21-15-3-1-13(9-15)20(28)26-7-5-25(6-8-26)16-10-17-14(2-4-18(22)27)11-23-19(17)24-12-16/h2,4,10-13,15H,1,3,5-9H2,(H2,22,27)(H,23,24)/b4-2+/t13-,15-/m1/s1. The van der Waals surface area contributed by atoms with E-state index in [1.165, 1.54) is 6.08 Å². The first-order valence-corrected chi connectivity index (χ1v) is 9.63. The van der Waals surface area contributed by atoms with Gasteiger partial charge in [-0.15, -0.1) is 0 Å². The molecule has 3 heterocycles. The van der Waals surface area contributed by atoms with E-state index in [4.69, 9.17) is 5.73 Å². The highest BCUT2D eigenvalue weighted by Gasteiger charge is 2.33. The van der Waals surface area contributed by atoms with Gasteiger partial charge in [0.05, 0.1) is 11.9 Å². The third-order valence-corrected chi connectivity index (χ3v) is 5.65. The molecule has 1 saturated heterocycles. The zero-order valence-corrected chi connectivity index (χ0v) is 15.6. The Morgan fingerprint density at radius 1 is 1.25 bits per heavy atom. The molecule has 2 atom stereocenters. The number of hydrogen-bond acceptors (Lipinski definition) is 4. The molecule has 0 bridgehead atoms. The van der Waals surface area contributed by atoms with Crippen LogP contribution in [0.3, 0.4) is 0 Å². The molecule has 2 aromatic heterocycles. The van der Waals surface area contributed by atoms with Crippen LogP contribution in [0.5, 0.6) is 0 Å². The minimum absolute atomic E-state index is 0.0953. The normalized spacial score (nSPS) is 23.0. The number of amides is 2. The lowest BCUT2D eigenvalue weighted by molar-refractivity contribution is -0.135. The first-order chi connectivity index (χ1) is 13.5. The summed E-state index contributed by atoms with van der Waals surface area (Å²) in [5, 5.41) is 0.911. The van der Waals surface area contributed by atoms with Crippen LogP contribution in [0.1, 0.15) is 24.8 Å². The van der Waals surface area contributed by atoms with Gasteiger partial charge in [0.15, 0.2) is 0 Å². The molecule has 148 valence electrons. The molecular weight excluding hydrogens is 361 g/mol. The molecule has 0 spiro atoms. The van der Waals surface area contributed by atoms with Crippen molar-refractivity contribution in [2.24, 2.45) is 11.7 Å². The van der Waals surface area contributed by atoms with Crippen LogP contribution in [0, 0.1) is 5.92 Å². The first kappa shape index (κ1) is 18.5. The third kappa shape index (κ3) is 3.72. The molecule has 2 aliphatic rings. The number of rotatable bonds is 4. The van der Waals surface area contributed by atoms with Crippen LogP contribution in [-0.2, 0) is 9.59 Å². The summed E-state index contributed by atoms with van der Waals surface area (Å²) in [6.07, 6.45) is 7.30. The van der Waals surface area contributed by atoms with Gasteiger partial charge in [0.2, 0.25) is 11.8 Å². The van der Waals surface area contributed by atoms with E-state index in [2.05, 4.69) is 14.9 Å². The number of anilines is 1. The second-order valence-corrected chi connectivity index (χ2v) is 7.49. The number of nitrogens with zero attached hydrogens (tertiary/aromatic N) is 3. The van der Waals surface area contributed by atoms with E-state index in [1.54, 1.807) is 12.3 Å². The van der Waals surface area contributed by atoms with Crippen molar-refractivity contribution in [1.82, 2.24) is 14.9 Å². The lowest BCUT2D eigenvalue weighted by atomic mass is 10.1. The van der Waals surface area contributed by atoms with Crippen LogP contribution in [0.15, 0.2) is 24.5 Å². The number of pyridine rings is 1. The number of primary amides is 1. The van der Waals surface area contributed by atoms with Gasteiger partial charge < -0.3 is 20.5 Å². The van der Waals surface area contributed by atoms with Gasteiger partial charge in [-0.05, 0) is 31.4 Å². The van der Waals surface area contributed by atoms with Gasteiger partial charge >= 0.3 is 0 Å². The number of aromatic amines is 1. The van der Waals surface area contributed by atoms with Crippen LogP contribution >= 0.6 is 0 Å². The topological polar surface area (TPSA) is 95.3 Å². The molecule has 1 saturated carbocycles. The Balaban J connectivity index is 1.44. The van der Waals surface area contributed by atoms with Gasteiger partial charge in [0.25, 0.3) is 0 Å². The summed E-state index contributed by atoms with van der Waals surface area (Å²) in [6.45, 7) is 2.68. The number of H-pyrrole nitrogens is 1. The number of piperazine rings is 1. The Labute approximate surface area is 162 Å². The number of nitrogens with two attached hydrogens (primary N) is 1. The molecule has 28 heavy (non-hydrogen) atoms. The molecule has 0 aromatic carbocycles. The molecule has 2 fully saturated rings. The van der Waals surface area contributed by atoms with E-state index in [0.717, 1.165) is 22.3 Å². The Bertz CT molecular complexity index is 916. The van der Waals surface area contributed by atoms with Crippen LogP contribution in [0.2, 0.25) is 0 Å². The van der Waals surface area contributed by atoms with Crippen molar-refractivity contribution in [1.29, 1.82) is 0 Å². The lowest BCUT2D eigenvalue weighted by Crippen LogP contribution is -2.50. The van der Waals surface area contributed by atoms with E-state index < -0.39 is 12.1 Å². The average molecular weight is 385 g/mol. The van der Waals surface area contributed by atoms with Crippen LogP contribution in [0.25, 0.3) is 17.1 Å². The summed E-state index contributed by atoms with van der Waals surface area (Å²) in [4.78, 5) is 35.2. The third-order valence-electron chi connectivity index (χ3n) is 5.65. The Kier molecular flexibility index (Phi) is 5.02. The fraction of sp³-hybridized carbons (Fsp3) is 0.450. The van der Waals surface area contributed by atoms with E-state index in [0.29, 0.717) is 45.4 Å². The zero-order valence-electron chi connectivity index (χ0n) is 15.6. The van der Waals surface area contributed by atoms with Crippen molar-refractivity contribution in [2.75, 3.05) is 31.1 Å². The van der Waals surface area contributed by atoms with E-state index in [-0.39, 0.29) is 11.8 Å². The smallest absolute Gasteiger partial charge is 0.241 e. The van der Waals surface area contributed by atoms with E-state index >= 15 is 0 Å². The van der Waals surface area contributed by atoms with Crippen molar-refractivity contribution in [3.8, 4) is 0 Å². The number of nitrogens with one attached hydrogen (secondary N) is 1. The predicted octanol–water partition coefficient (Wildman–Crippen LogP) is 1.85. The number of hydrogen-bond donors (Lipinski definition) is 2. The Morgan fingerprint density at radius 2 is 2.04 bits per heavy atom. The van der Waals surface area contributed by atoms with E-state index in [1.807, 2.05) is 17.2 Å². The highest BCUT2D eigenvalue weighted by atomic mass is 19.1. The van der Waals surface area contributed by atoms with E-state index in [9.17, 15) is 14.0 Å². The molecule has 2 amide bonds. The van der Waals surface area contributed by atoms with Gasteiger partial charge in [0, 0.05) is 55.3 Å². The molecule has 3 N–H and O–H groups in total. The fourth-order valence-electron chi connectivity index (χ4n) is 4.09. The SMILES string of the molecule is NC(=O)/C=C/c1c[nH]c2ncc(N3CCN(C(=O)[C@@H]4CC[C@@H](F)C4)CC3)cc12. The molecule has 0 unspecified atom stereocenters. The van der Waals surface area contributed by atoms with Gasteiger partial charge in [-0.1, -0.05) is 0 Å². The molecule has 0 radical (unpaired) electrons. The summed E-state index contributed by atoms with van der Waals surface area (Å²) >= 11 is 0. The van der Waals surface area contributed by atoms with Crippen molar-refractivity contribution < 1.29 is 14.0 Å². The van der Waals surface area contributed by atoms with Crippen molar-refractivity contribution in [3.05, 3.63) is 30.1 Å². The fourth-order valence-corrected chi connectivity index (χ4v) is 4.09. The number of alkyl halides is 1. The Morgan fingerprint density at radius 3 is 2.71 bits per heavy atom. The molecule has 7 nitrogen and oxygen atoms in total. The van der Waals surface area contributed by atoms with Crippen LogP contribution in [-0.4, -0.2) is 59.0 Å². The first-order valence-electron chi connectivity index (χ1n) is 9.63. The van der Waals surface area contributed by atoms with Crippen LogP contribution in [0.4, 0.5) is 10.1 Å². The molecule has 1 aliphatic carbocycles. The number of carbonyl (C=O) groups is 2. The number of carbonyl (C=O) groups excluding carboxylic acids is 2. The minimum atomic E-state index is -0.827. The maximum atomic E-state index is 13.4. The molecule has 4 rings (SSSR count). The largest absolute Gasteiger partial charge is 0.367 e. The molecule has 1 aliphatic heterocycles. The molecule has 8 heteroatoms. The highest BCUT2D eigenvalue weighted by molar-refractivity contribution is 5.95. The summed E-state index contributed by atoms with van der Waals surface area (Å²) in [5.74, 6) is -0.558. The number of aromatic nitrogens is 2. The van der Waals surface area contributed by atoms with Gasteiger partial charge in [0.1, 0.15) is 11.8 Å². The zero-order chi connectivity index (χ0) is 19.7. The molecular formula is C20H24FN5O2. The molecule has 2 aromatic rings. The summed E-state index contributed by atoms with van der Waals surface area (Å²) < 4.78 is 13.4. The number of fused-ring (bicyclic) bond motifs is 1. The summed E-state index contributed by atoms with van der Waals surface area (Å²) in [6, 6.07) is 2.03. The second-order valence-electron chi connectivity index (χ2n) is 7.49. The lowest BCUT2D eigenvalue weighted by Gasteiger charge is -2.37.